The largest absolute Gasteiger partial charge is 0.480 e. The van der Waals surface area contributed by atoms with E-state index in [9.17, 15) is 27.6 Å². The molecule has 0 saturated carbocycles. The molecular formula is C12H20N4O9S. The highest BCUT2D eigenvalue weighted by Gasteiger charge is 2.59. The van der Waals surface area contributed by atoms with E-state index in [-0.39, 0.29) is 17.1 Å². The van der Waals surface area contributed by atoms with Gasteiger partial charge in [0, 0.05) is 20.0 Å². The predicted molar refractivity (Wildman–Crippen MR) is 83.6 cm³/mol. The molecule has 0 bridgehead atoms. The molecule has 0 aromatic heterocycles. The average molecular weight is 396 g/mol. The lowest BCUT2D eigenvalue weighted by atomic mass is 10.0. The Balaban J connectivity index is 2.60. The summed E-state index contributed by atoms with van der Waals surface area (Å²) in [5, 5.41) is 10.7. The fraction of sp³-hybridized carbons (Fsp3) is 0.667. The summed E-state index contributed by atoms with van der Waals surface area (Å²) in [5.74, 6) is -3.98. The first kappa shape index (κ1) is 21.9. The van der Waals surface area contributed by atoms with Gasteiger partial charge in [0.25, 0.3) is 5.91 Å². The number of hydrogen-bond donors (Lipinski definition) is 5. The maximum atomic E-state index is 12.0. The molecule has 0 aliphatic carbocycles. The van der Waals surface area contributed by atoms with Gasteiger partial charge in [0.15, 0.2) is 0 Å². The first-order valence-electron chi connectivity index (χ1n) is 7.26. The lowest BCUT2D eigenvalue weighted by molar-refractivity contribution is -0.180. The summed E-state index contributed by atoms with van der Waals surface area (Å²) in [5.41, 5.74) is 8.80. The van der Waals surface area contributed by atoms with Crippen LogP contribution < -0.4 is 16.8 Å². The lowest BCUT2D eigenvalue weighted by Gasteiger charge is -2.45. The van der Waals surface area contributed by atoms with E-state index in [1.807, 2.05) is 0 Å². The van der Waals surface area contributed by atoms with Crippen molar-refractivity contribution in [1.29, 1.82) is 0 Å². The predicted octanol–water partition coefficient (Wildman–Crippen LogP) is -3.43. The molecule has 1 aliphatic rings. The summed E-state index contributed by atoms with van der Waals surface area (Å²) >= 11 is 0. The number of nitrogens with zero attached hydrogens (tertiary/aromatic N) is 1. The van der Waals surface area contributed by atoms with Gasteiger partial charge in [-0.05, 0) is 6.42 Å². The Morgan fingerprint density at radius 1 is 1.35 bits per heavy atom. The Bertz CT molecular complexity index is 709. The van der Waals surface area contributed by atoms with E-state index in [1.54, 1.807) is 0 Å². The molecule has 3 unspecified atom stereocenters. The third-order valence-corrected chi connectivity index (χ3v) is 4.58. The van der Waals surface area contributed by atoms with Gasteiger partial charge in [0.1, 0.15) is 11.8 Å². The van der Waals surface area contributed by atoms with Gasteiger partial charge in [0.2, 0.25) is 11.6 Å². The van der Waals surface area contributed by atoms with Crippen molar-refractivity contribution in [3.63, 3.8) is 0 Å². The fourth-order valence-electron chi connectivity index (χ4n) is 2.11. The van der Waals surface area contributed by atoms with Crippen LogP contribution in [0.15, 0.2) is 0 Å². The topological polar surface area (TPSA) is 219 Å². The highest BCUT2D eigenvalue weighted by Crippen LogP contribution is 2.26. The second kappa shape index (κ2) is 8.05. The van der Waals surface area contributed by atoms with E-state index in [0.717, 1.165) is 7.11 Å². The molecular weight excluding hydrogens is 376 g/mol. The van der Waals surface area contributed by atoms with Crippen molar-refractivity contribution in [3.8, 4) is 0 Å². The van der Waals surface area contributed by atoms with Crippen LogP contribution in [0.2, 0.25) is 0 Å². The van der Waals surface area contributed by atoms with Crippen LogP contribution in [0.25, 0.3) is 0 Å². The monoisotopic (exact) mass is 396 g/mol. The van der Waals surface area contributed by atoms with E-state index >= 15 is 0 Å². The summed E-state index contributed by atoms with van der Waals surface area (Å²) in [6, 6.07) is -2.61. The zero-order chi connectivity index (χ0) is 20.3. The number of methoxy groups -OCH3 is 1. The minimum Gasteiger partial charge on any atom is -0.480 e. The fourth-order valence-corrected chi connectivity index (χ4v) is 2.81. The van der Waals surface area contributed by atoms with Crippen molar-refractivity contribution in [1.82, 2.24) is 9.62 Å². The molecule has 0 radical (unpaired) electrons. The number of amides is 2. The SMILES string of the molecule is COC1(NC(=O)C(N)CC(=O)CCC(N)C(=O)O)CN(S(=O)(=O)O)C1=O. The van der Waals surface area contributed by atoms with Crippen LogP contribution in [0.5, 0.6) is 0 Å². The van der Waals surface area contributed by atoms with Crippen molar-refractivity contribution in [2.24, 2.45) is 11.5 Å². The van der Waals surface area contributed by atoms with E-state index in [0.29, 0.717) is 0 Å². The van der Waals surface area contributed by atoms with E-state index in [1.165, 1.54) is 0 Å². The standard InChI is InChI=1S/C12H20N4O9S/c1-25-12(5-16(11(12)21)26(22,23)24)15-9(18)8(14)4-6(17)2-3-7(13)10(19)20/h7-8H,2-5,13-14H2,1H3,(H,15,18)(H,19,20)(H,22,23,24). The number of hydrogen-bond acceptors (Lipinski definition) is 9. The van der Waals surface area contributed by atoms with E-state index in [2.05, 4.69) is 5.32 Å². The van der Waals surface area contributed by atoms with Crippen LogP contribution in [0.1, 0.15) is 19.3 Å². The van der Waals surface area contributed by atoms with Crippen LogP contribution in [0.3, 0.4) is 0 Å². The number of β-lactam (4-membered cyclic amide) rings is 1. The van der Waals surface area contributed by atoms with Crippen LogP contribution >= 0.6 is 0 Å². The first-order chi connectivity index (χ1) is 11.8. The Labute approximate surface area is 148 Å². The number of carbonyl (C=O) groups is 4. The Hall–Kier alpha value is -2.13. The van der Waals surface area contributed by atoms with Gasteiger partial charge < -0.3 is 26.6 Å². The van der Waals surface area contributed by atoms with Gasteiger partial charge >= 0.3 is 16.3 Å². The number of nitrogens with one attached hydrogen (secondary N) is 1. The van der Waals surface area contributed by atoms with Crippen LogP contribution in [0.4, 0.5) is 0 Å². The highest BCUT2D eigenvalue weighted by molar-refractivity contribution is 7.84. The quantitative estimate of drug-likeness (QED) is 0.139. The van der Waals surface area contributed by atoms with Crippen LogP contribution in [-0.4, -0.2) is 77.4 Å². The van der Waals surface area contributed by atoms with Crippen molar-refractivity contribution >= 4 is 33.9 Å². The molecule has 148 valence electrons. The number of nitrogens with two attached hydrogens (primary N) is 2. The van der Waals surface area contributed by atoms with Gasteiger partial charge in [0.05, 0.1) is 12.6 Å². The Morgan fingerprint density at radius 2 is 1.92 bits per heavy atom. The van der Waals surface area contributed by atoms with Gasteiger partial charge in [-0.15, -0.1) is 0 Å². The van der Waals surface area contributed by atoms with Crippen molar-refractivity contribution in [2.75, 3.05) is 13.7 Å². The highest BCUT2D eigenvalue weighted by atomic mass is 32.2. The summed E-state index contributed by atoms with van der Waals surface area (Å²) in [6.45, 7) is -0.666. The number of carbonyl (C=O) groups excluding carboxylic acids is 3. The minimum atomic E-state index is -4.79. The van der Waals surface area contributed by atoms with Crippen molar-refractivity contribution < 1.29 is 42.0 Å². The molecule has 0 aromatic rings. The number of carboxylic acid groups (broad SMARTS) is 1. The number of aliphatic carboxylic acids is 1. The van der Waals surface area contributed by atoms with Crippen LogP contribution in [0, 0.1) is 0 Å². The molecule has 1 aliphatic heterocycles. The van der Waals surface area contributed by atoms with Crippen molar-refractivity contribution in [3.05, 3.63) is 0 Å². The molecule has 26 heavy (non-hydrogen) atoms. The van der Waals surface area contributed by atoms with Gasteiger partial charge in [-0.25, -0.2) is 4.31 Å². The van der Waals surface area contributed by atoms with E-state index < -0.39 is 64.6 Å². The Morgan fingerprint density at radius 3 is 2.35 bits per heavy atom. The minimum absolute atomic E-state index is 0.0841. The number of ether oxygens (including phenoxy) is 1. The average Bonchev–Trinajstić information content (AvgIpc) is 2.53. The molecule has 0 spiro atoms. The first-order valence-corrected chi connectivity index (χ1v) is 8.66. The third-order valence-electron chi connectivity index (χ3n) is 3.73. The second-order valence-electron chi connectivity index (χ2n) is 5.64. The molecule has 1 fully saturated rings. The summed E-state index contributed by atoms with van der Waals surface area (Å²) in [4.78, 5) is 46.2. The zero-order valence-electron chi connectivity index (χ0n) is 13.7. The van der Waals surface area contributed by atoms with Gasteiger partial charge in [-0.2, -0.15) is 8.42 Å². The molecule has 1 heterocycles. The second-order valence-corrected chi connectivity index (χ2v) is 6.98. The van der Waals surface area contributed by atoms with E-state index in [4.69, 9.17) is 25.9 Å². The molecule has 1 rings (SSSR count). The lowest BCUT2D eigenvalue weighted by Crippen LogP contribution is -2.76. The van der Waals surface area contributed by atoms with Crippen molar-refractivity contribution in [2.45, 2.75) is 37.1 Å². The normalized spacial score (nSPS) is 22.3. The smallest absolute Gasteiger partial charge is 0.362 e. The molecule has 1 saturated heterocycles. The summed E-state index contributed by atoms with van der Waals surface area (Å²) < 4.78 is 35.6. The molecule has 2 amide bonds. The summed E-state index contributed by atoms with van der Waals surface area (Å²) in [6.07, 6.45) is -0.792. The maximum Gasteiger partial charge on any atom is 0.362 e. The van der Waals surface area contributed by atoms with Crippen LogP contribution in [-0.2, 0) is 34.2 Å². The molecule has 0 aromatic carbocycles. The van der Waals surface area contributed by atoms with Gasteiger partial charge in [-0.1, -0.05) is 0 Å². The number of Topliss-reactive ketones (excluding diaryl/α,β-unsaturated/α-hetero) is 1. The summed E-state index contributed by atoms with van der Waals surface area (Å²) in [7, 11) is -3.76. The number of carboxylic acids is 1. The molecule has 14 heteroatoms. The number of ketones is 1. The van der Waals surface area contributed by atoms with Gasteiger partial charge in [-0.3, -0.25) is 23.7 Å². The molecule has 13 nitrogen and oxygen atoms in total. The number of rotatable bonds is 10. The molecule has 3 atom stereocenters. The Kier molecular flexibility index (Phi) is 6.78. The molecule has 7 N–H and O–H groups in total. The zero-order valence-corrected chi connectivity index (χ0v) is 14.6. The maximum absolute atomic E-state index is 12.0. The third kappa shape index (κ3) is 4.95.